The molecule has 0 saturated carbocycles. The molecule has 0 bridgehead atoms. The summed E-state index contributed by atoms with van der Waals surface area (Å²) in [6.45, 7) is 2.04. The van der Waals surface area contributed by atoms with Crippen LogP contribution in [0.5, 0.6) is 0 Å². The molecule has 0 fully saturated rings. The van der Waals surface area contributed by atoms with Crippen LogP contribution in [0.1, 0.15) is 42.5 Å². The molecule has 1 amide bonds. The highest BCUT2D eigenvalue weighted by molar-refractivity contribution is 8.00. The molecule has 0 spiro atoms. The number of nitrogens with zero attached hydrogens (tertiary/aromatic N) is 4. The molecule has 2 heterocycles. The summed E-state index contributed by atoms with van der Waals surface area (Å²) in [4.78, 5) is 21.4. The van der Waals surface area contributed by atoms with Crippen molar-refractivity contribution in [2.45, 2.75) is 43.7 Å². The highest BCUT2D eigenvalue weighted by Crippen LogP contribution is 2.27. The summed E-state index contributed by atoms with van der Waals surface area (Å²) < 4.78 is 1.79. The Morgan fingerprint density at radius 3 is 2.75 bits per heavy atom. The van der Waals surface area contributed by atoms with Gasteiger partial charge in [0.05, 0.1) is 29.1 Å². The molecule has 0 unspecified atom stereocenters. The van der Waals surface area contributed by atoms with Crippen molar-refractivity contribution in [1.82, 2.24) is 25.1 Å². The van der Waals surface area contributed by atoms with E-state index >= 15 is 0 Å². The zero-order valence-corrected chi connectivity index (χ0v) is 18.8. The van der Waals surface area contributed by atoms with Crippen LogP contribution in [0.3, 0.4) is 0 Å². The summed E-state index contributed by atoms with van der Waals surface area (Å²) in [6, 6.07) is 16.5. The van der Waals surface area contributed by atoms with Crippen molar-refractivity contribution < 1.29 is 4.79 Å². The summed E-state index contributed by atoms with van der Waals surface area (Å²) in [7, 11) is 0. The molecule has 0 aliphatic heterocycles. The van der Waals surface area contributed by atoms with E-state index in [1.54, 1.807) is 10.9 Å². The second-order valence-electron chi connectivity index (χ2n) is 8.12. The van der Waals surface area contributed by atoms with Crippen LogP contribution in [0.25, 0.3) is 16.7 Å². The van der Waals surface area contributed by atoms with Gasteiger partial charge < -0.3 is 5.32 Å². The number of aromatic nitrogens is 4. The second kappa shape index (κ2) is 9.12. The minimum Gasteiger partial charge on any atom is -0.349 e. The normalized spacial score (nSPS) is 14.2. The van der Waals surface area contributed by atoms with Crippen LogP contribution in [0.4, 0.5) is 0 Å². The maximum Gasteiger partial charge on any atom is 0.230 e. The Bertz CT molecular complexity index is 1250. The quantitative estimate of drug-likeness (QED) is 0.346. The van der Waals surface area contributed by atoms with Crippen LogP contribution in [0.15, 0.2) is 66.1 Å². The van der Waals surface area contributed by atoms with Gasteiger partial charge in [-0.15, -0.1) is 0 Å². The van der Waals surface area contributed by atoms with E-state index in [0.29, 0.717) is 0 Å². The Morgan fingerprint density at radius 1 is 1.09 bits per heavy atom. The molecule has 1 aliphatic carbocycles. The Hall–Kier alpha value is -3.19. The third kappa shape index (κ3) is 4.25. The van der Waals surface area contributed by atoms with Gasteiger partial charge in [0, 0.05) is 0 Å². The van der Waals surface area contributed by atoms with E-state index in [2.05, 4.69) is 38.6 Å². The number of amides is 1. The third-order valence-electron chi connectivity index (χ3n) is 5.92. The molecule has 2 aromatic heterocycles. The number of aryl methyl sites for hydroxylation is 2. The van der Waals surface area contributed by atoms with Crippen molar-refractivity contribution in [3.05, 3.63) is 77.7 Å². The molecule has 1 N–H and O–H groups in total. The van der Waals surface area contributed by atoms with Crippen LogP contribution >= 0.6 is 11.8 Å². The van der Waals surface area contributed by atoms with Gasteiger partial charge in [-0.3, -0.25) is 4.79 Å². The van der Waals surface area contributed by atoms with E-state index < -0.39 is 0 Å². The van der Waals surface area contributed by atoms with Crippen molar-refractivity contribution >= 4 is 28.7 Å². The van der Waals surface area contributed by atoms with Crippen LogP contribution in [0.2, 0.25) is 0 Å². The average molecular weight is 444 g/mol. The monoisotopic (exact) mass is 443 g/mol. The molecular formula is C25H25N5OS. The minimum absolute atomic E-state index is 0.0116. The summed E-state index contributed by atoms with van der Waals surface area (Å²) in [5, 5.41) is 9.21. The number of benzene rings is 2. The molecule has 7 heteroatoms. The topological polar surface area (TPSA) is 72.7 Å². The fourth-order valence-corrected chi connectivity index (χ4v) is 4.99. The van der Waals surface area contributed by atoms with E-state index in [0.717, 1.165) is 33.7 Å². The molecule has 5 rings (SSSR count). The number of thioether (sulfide) groups is 1. The molecule has 6 nitrogen and oxygen atoms in total. The first-order chi connectivity index (χ1) is 15.7. The van der Waals surface area contributed by atoms with Gasteiger partial charge in [0.1, 0.15) is 11.4 Å². The van der Waals surface area contributed by atoms with Gasteiger partial charge in [-0.05, 0) is 61.4 Å². The lowest BCUT2D eigenvalue weighted by Crippen LogP contribution is -2.28. The molecule has 4 aromatic rings. The maximum absolute atomic E-state index is 12.7. The highest BCUT2D eigenvalue weighted by Gasteiger charge is 2.16. The number of carbonyl (C=O) groups is 1. The van der Waals surface area contributed by atoms with Gasteiger partial charge in [0.25, 0.3) is 0 Å². The fourth-order valence-electron chi connectivity index (χ4n) is 4.22. The number of nitrogens with one attached hydrogen (secondary N) is 1. The van der Waals surface area contributed by atoms with Gasteiger partial charge in [0.15, 0.2) is 5.65 Å². The maximum atomic E-state index is 12.7. The fraction of sp³-hybridized carbons (Fsp3) is 0.280. The highest BCUT2D eigenvalue weighted by atomic mass is 32.2. The smallest absolute Gasteiger partial charge is 0.230 e. The van der Waals surface area contributed by atoms with Gasteiger partial charge in [-0.25, -0.2) is 14.6 Å². The SMILES string of the molecule is C[C@@H](NC(=O)CSc1ncnc2c1cnn2-c1ccccc1)c1ccc2c(c1)CCCC2. The average Bonchev–Trinajstić information content (AvgIpc) is 3.28. The predicted octanol–water partition coefficient (Wildman–Crippen LogP) is 4.66. The molecule has 32 heavy (non-hydrogen) atoms. The predicted molar refractivity (Wildman–Crippen MR) is 127 cm³/mol. The largest absolute Gasteiger partial charge is 0.349 e. The van der Waals surface area contributed by atoms with E-state index in [-0.39, 0.29) is 17.7 Å². The zero-order chi connectivity index (χ0) is 21.9. The van der Waals surface area contributed by atoms with Crippen molar-refractivity contribution in [3.8, 4) is 5.69 Å². The number of hydrogen-bond donors (Lipinski definition) is 1. The van der Waals surface area contributed by atoms with Gasteiger partial charge >= 0.3 is 0 Å². The standard InChI is InChI=1S/C25H25N5OS/c1-17(19-12-11-18-7-5-6-8-20(18)13-19)29-23(31)15-32-25-22-14-28-30(24(22)26-16-27-25)21-9-3-2-4-10-21/h2-4,9-14,16-17H,5-8,15H2,1H3,(H,29,31)/t17-/m1/s1. The van der Waals surface area contributed by atoms with E-state index in [1.165, 1.54) is 48.5 Å². The lowest BCUT2D eigenvalue weighted by atomic mass is 9.89. The summed E-state index contributed by atoms with van der Waals surface area (Å²) in [5.74, 6) is 0.278. The van der Waals surface area contributed by atoms with Crippen LogP contribution < -0.4 is 5.32 Å². The van der Waals surface area contributed by atoms with Crippen molar-refractivity contribution in [1.29, 1.82) is 0 Å². The van der Waals surface area contributed by atoms with Crippen LogP contribution in [-0.4, -0.2) is 31.4 Å². The minimum atomic E-state index is -0.0263. The van der Waals surface area contributed by atoms with Gasteiger partial charge in [-0.1, -0.05) is 48.2 Å². The van der Waals surface area contributed by atoms with Gasteiger partial charge in [-0.2, -0.15) is 5.10 Å². The Kier molecular flexibility index (Phi) is 5.90. The summed E-state index contributed by atoms with van der Waals surface area (Å²) >= 11 is 1.41. The first kappa shape index (κ1) is 20.7. The molecular weight excluding hydrogens is 418 g/mol. The number of fused-ring (bicyclic) bond motifs is 2. The number of rotatable bonds is 6. The zero-order valence-electron chi connectivity index (χ0n) is 18.0. The molecule has 0 saturated heterocycles. The molecule has 162 valence electrons. The Morgan fingerprint density at radius 2 is 1.91 bits per heavy atom. The molecule has 1 atom stereocenters. The van der Waals surface area contributed by atoms with Crippen molar-refractivity contribution in [2.75, 3.05) is 5.75 Å². The number of hydrogen-bond acceptors (Lipinski definition) is 5. The Labute approximate surface area is 191 Å². The molecule has 1 aliphatic rings. The molecule has 2 aromatic carbocycles. The van der Waals surface area contributed by atoms with Crippen molar-refractivity contribution in [3.63, 3.8) is 0 Å². The van der Waals surface area contributed by atoms with E-state index in [9.17, 15) is 4.79 Å². The summed E-state index contributed by atoms with van der Waals surface area (Å²) in [6.07, 6.45) is 8.12. The summed E-state index contributed by atoms with van der Waals surface area (Å²) in [5.41, 5.74) is 5.73. The van der Waals surface area contributed by atoms with Crippen LogP contribution in [0, 0.1) is 0 Å². The number of carbonyl (C=O) groups excluding carboxylic acids is 1. The third-order valence-corrected chi connectivity index (χ3v) is 6.93. The van der Waals surface area contributed by atoms with Gasteiger partial charge in [0.2, 0.25) is 5.91 Å². The Balaban J connectivity index is 1.26. The number of para-hydroxylation sites is 1. The van der Waals surface area contributed by atoms with E-state index in [4.69, 9.17) is 0 Å². The van der Waals surface area contributed by atoms with E-state index in [1.807, 2.05) is 37.3 Å². The lowest BCUT2D eigenvalue weighted by Gasteiger charge is -2.20. The van der Waals surface area contributed by atoms with Crippen LogP contribution in [-0.2, 0) is 17.6 Å². The lowest BCUT2D eigenvalue weighted by molar-refractivity contribution is -0.119. The second-order valence-corrected chi connectivity index (χ2v) is 9.09. The first-order valence-corrected chi connectivity index (χ1v) is 12.0. The van der Waals surface area contributed by atoms with Crippen molar-refractivity contribution in [2.24, 2.45) is 0 Å². The first-order valence-electron chi connectivity index (χ1n) is 11.0. The molecule has 0 radical (unpaired) electrons.